The first-order chi connectivity index (χ1) is 12.5. The van der Waals surface area contributed by atoms with Gasteiger partial charge in [-0.05, 0) is 49.8 Å². The number of carbonyl (C=O) groups is 1. The van der Waals surface area contributed by atoms with Crippen LogP contribution in [0.2, 0.25) is 0 Å². The van der Waals surface area contributed by atoms with Gasteiger partial charge < -0.3 is 19.7 Å². The van der Waals surface area contributed by atoms with Gasteiger partial charge in [-0.3, -0.25) is 4.79 Å². The van der Waals surface area contributed by atoms with Crippen molar-refractivity contribution in [1.29, 1.82) is 0 Å². The topological polar surface area (TPSA) is 50.8 Å². The summed E-state index contributed by atoms with van der Waals surface area (Å²) in [5.74, 6) is 2.88. The molecule has 1 aliphatic rings. The monoisotopic (exact) mass is 362 g/mol. The lowest BCUT2D eigenvalue weighted by Gasteiger charge is -2.35. The highest BCUT2D eigenvalue weighted by atomic mass is 16.5. The predicted molar refractivity (Wildman–Crippen MR) is 105 cm³/mol. The van der Waals surface area contributed by atoms with E-state index in [0.29, 0.717) is 18.7 Å². The predicted octanol–water partition coefficient (Wildman–Crippen LogP) is 3.34. The van der Waals surface area contributed by atoms with Crippen molar-refractivity contribution in [3.8, 4) is 11.5 Å². The minimum Gasteiger partial charge on any atom is -0.497 e. The minimum absolute atomic E-state index is 0.0456. The van der Waals surface area contributed by atoms with Crippen molar-refractivity contribution in [2.75, 3.05) is 33.3 Å². The summed E-state index contributed by atoms with van der Waals surface area (Å²) in [6, 6.07) is 7.36. The van der Waals surface area contributed by atoms with E-state index >= 15 is 0 Å². The van der Waals surface area contributed by atoms with Gasteiger partial charge in [-0.25, -0.2) is 0 Å². The van der Waals surface area contributed by atoms with Crippen LogP contribution in [-0.2, 0) is 4.79 Å². The van der Waals surface area contributed by atoms with E-state index in [2.05, 4.69) is 24.1 Å². The molecule has 3 atom stereocenters. The lowest BCUT2D eigenvalue weighted by Crippen LogP contribution is -2.41. The third-order valence-electron chi connectivity index (χ3n) is 4.88. The summed E-state index contributed by atoms with van der Waals surface area (Å²) in [6.45, 7) is 10.7. The van der Waals surface area contributed by atoms with Crippen LogP contribution in [0.25, 0.3) is 0 Å². The quantitative estimate of drug-likeness (QED) is 0.685. The van der Waals surface area contributed by atoms with Gasteiger partial charge in [0, 0.05) is 25.7 Å². The summed E-state index contributed by atoms with van der Waals surface area (Å²) in [4.78, 5) is 14.9. The molecule has 1 N–H and O–H groups in total. The molecule has 5 heteroatoms. The first-order valence-electron chi connectivity index (χ1n) is 9.82. The number of benzene rings is 1. The number of hydrogen-bond acceptors (Lipinski definition) is 4. The van der Waals surface area contributed by atoms with Crippen LogP contribution in [-0.4, -0.2) is 50.2 Å². The molecule has 1 fully saturated rings. The number of rotatable bonds is 9. The highest BCUT2D eigenvalue weighted by Gasteiger charge is 2.22. The molecule has 1 saturated heterocycles. The second-order valence-electron chi connectivity index (χ2n) is 7.54. The van der Waals surface area contributed by atoms with Gasteiger partial charge in [0.15, 0.2) is 6.10 Å². The van der Waals surface area contributed by atoms with Crippen molar-refractivity contribution < 1.29 is 14.3 Å². The van der Waals surface area contributed by atoms with Gasteiger partial charge in [-0.2, -0.15) is 0 Å². The molecular weight excluding hydrogens is 328 g/mol. The number of likely N-dealkylation sites (tertiary alicyclic amines) is 1. The van der Waals surface area contributed by atoms with Crippen molar-refractivity contribution in [2.45, 2.75) is 46.1 Å². The molecule has 26 heavy (non-hydrogen) atoms. The van der Waals surface area contributed by atoms with Crippen molar-refractivity contribution in [3.63, 3.8) is 0 Å². The Hall–Kier alpha value is -1.75. The molecule has 1 amide bonds. The summed E-state index contributed by atoms with van der Waals surface area (Å²) in [5, 5.41) is 3.02. The fourth-order valence-electron chi connectivity index (χ4n) is 3.76. The fraction of sp³-hybridized carbons (Fsp3) is 0.667. The van der Waals surface area contributed by atoms with Gasteiger partial charge in [0.2, 0.25) is 0 Å². The summed E-state index contributed by atoms with van der Waals surface area (Å²) in [7, 11) is 1.62. The van der Waals surface area contributed by atoms with E-state index < -0.39 is 6.10 Å². The molecule has 0 spiro atoms. The third-order valence-corrected chi connectivity index (χ3v) is 4.88. The van der Waals surface area contributed by atoms with Crippen LogP contribution in [0.5, 0.6) is 11.5 Å². The zero-order chi connectivity index (χ0) is 18.9. The Morgan fingerprint density at radius 1 is 1.27 bits per heavy atom. The lowest BCUT2D eigenvalue weighted by atomic mass is 9.92. The van der Waals surface area contributed by atoms with Crippen LogP contribution in [0.4, 0.5) is 0 Å². The Bertz CT molecular complexity index is 554. The van der Waals surface area contributed by atoms with Gasteiger partial charge in [0.1, 0.15) is 11.5 Å². The van der Waals surface area contributed by atoms with E-state index in [0.717, 1.165) is 30.6 Å². The third kappa shape index (κ3) is 6.52. The number of ether oxygens (including phenoxy) is 2. The van der Waals surface area contributed by atoms with Gasteiger partial charge in [-0.15, -0.1) is 0 Å². The number of amides is 1. The summed E-state index contributed by atoms with van der Waals surface area (Å²) in [5.41, 5.74) is 0. The minimum atomic E-state index is -0.475. The molecule has 2 rings (SSSR count). The first-order valence-corrected chi connectivity index (χ1v) is 9.82. The number of piperidine rings is 1. The average molecular weight is 363 g/mol. The molecule has 146 valence electrons. The highest BCUT2D eigenvalue weighted by Crippen LogP contribution is 2.21. The molecule has 0 bridgehead atoms. The van der Waals surface area contributed by atoms with Gasteiger partial charge in [-0.1, -0.05) is 26.8 Å². The maximum absolute atomic E-state index is 12.4. The molecule has 1 aromatic carbocycles. The normalized spacial score (nSPS) is 21.8. The SMILES string of the molecule is CC[C@@H](Oc1cccc(OC)c1)C(=O)NCCCN1C[C@H](C)C[C@H](C)C1. The maximum atomic E-state index is 12.4. The van der Waals surface area contributed by atoms with Gasteiger partial charge in [0.05, 0.1) is 7.11 Å². The van der Waals surface area contributed by atoms with Gasteiger partial charge in [0.25, 0.3) is 5.91 Å². The van der Waals surface area contributed by atoms with Crippen LogP contribution in [0.1, 0.15) is 40.0 Å². The second-order valence-corrected chi connectivity index (χ2v) is 7.54. The van der Waals surface area contributed by atoms with Gasteiger partial charge >= 0.3 is 0 Å². The van der Waals surface area contributed by atoms with E-state index in [-0.39, 0.29) is 5.91 Å². The highest BCUT2D eigenvalue weighted by molar-refractivity contribution is 5.81. The van der Waals surface area contributed by atoms with E-state index in [9.17, 15) is 4.79 Å². The van der Waals surface area contributed by atoms with Crippen LogP contribution >= 0.6 is 0 Å². The van der Waals surface area contributed by atoms with Crippen LogP contribution in [0.15, 0.2) is 24.3 Å². The Morgan fingerprint density at radius 3 is 2.62 bits per heavy atom. The number of carbonyl (C=O) groups excluding carboxylic acids is 1. The van der Waals surface area contributed by atoms with Crippen LogP contribution in [0.3, 0.4) is 0 Å². The Labute approximate surface area is 158 Å². The largest absolute Gasteiger partial charge is 0.497 e. The van der Waals surface area contributed by atoms with E-state index in [4.69, 9.17) is 9.47 Å². The first kappa shape index (κ1) is 20.6. The zero-order valence-electron chi connectivity index (χ0n) is 16.7. The average Bonchev–Trinajstić information content (AvgIpc) is 2.62. The van der Waals surface area contributed by atoms with Crippen LogP contribution in [0, 0.1) is 11.8 Å². The van der Waals surface area contributed by atoms with E-state index in [1.807, 2.05) is 25.1 Å². The van der Waals surface area contributed by atoms with Crippen molar-refractivity contribution in [2.24, 2.45) is 11.8 Å². The zero-order valence-corrected chi connectivity index (χ0v) is 16.7. The smallest absolute Gasteiger partial charge is 0.261 e. The molecule has 1 aliphatic heterocycles. The fourth-order valence-corrected chi connectivity index (χ4v) is 3.76. The molecular formula is C21H34N2O3. The molecule has 0 unspecified atom stereocenters. The van der Waals surface area contributed by atoms with Crippen LogP contribution < -0.4 is 14.8 Å². The molecule has 0 radical (unpaired) electrons. The Kier molecular flexibility index (Phi) is 8.23. The molecule has 0 aromatic heterocycles. The van der Waals surface area contributed by atoms with E-state index in [1.54, 1.807) is 13.2 Å². The molecule has 0 saturated carbocycles. The summed E-state index contributed by atoms with van der Waals surface area (Å²) < 4.78 is 11.0. The molecule has 1 aromatic rings. The Morgan fingerprint density at radius 2 is 1.96 bits per heavy atom. The number of hydrogen-bond donors (Lipinski definition) is 1. The standard InChI is InChI=1S/C21H34N2O3/c1-5-20(26-19-9-6-8-18(13-19)25-4)21(24)22-10-7-11-23-14-16(2)12-17(3)15-23/h6,8-9,13,16-17,20H,5,7,10-12,14-15H2,1-4H3,(H,22,24)/t16-,17+,20-/m1/s1. The Balaban J connectivity index is 1.73. The van der Waals surface area contributed by atoms with Crippen molar-refractivity contribution in [1.82, 2.24) is 10.2 Å². The molecule has 0 aliphatic carbocycles. The molecule has 1 heterocycles. The number of nitrogens with zero attached hydrogens (tertiary/aromatic N) is 1. The lowest BCUT2D eigenvalue weighted by molar-refractivity contribution is -0.128. The second kappa shape index (κ2) is 10.4. The summed E-state index contributed by atoms with van der Waals surface area (Å²) in [6.07, 6.45) is 2.45. The van der Waals surface area contributed by atoms with Crippen molar-refractivity contribution in [3.05, 3.63) is 24.3 Å². The number of nitrogens with one attached hydrogen (secondary N) is 1. The summed E-state index contributed by atoms with van der Waals surface area (Å²) >= 11 is 0. The number of methoxy groups -OCH3 is 1. The molecule has 5 nitrogen and oxygen atoms in total. The maximum Gasteiger partial charge on any atom is 0.261 e. The van der Waals surface area contributed by atoms with Crippen molar-refractivity contribution >= 4 is 5.91 Å². The van der Waals surface area contributed by atoms with E-state index in [1.165, 1.54) is 19.5 Å².